The monoisotopic (exact) mass is 234 g/mol. The normalized spacial score (nSPS) is 11.2. The number of benzene rings is 1. The third-order valence-corrected chi connectivity index (χ3v) is 1.85. The molecule has 1 aromatic carbocycles. The summed E-state index contributed by atoms with van der Waals surface area (Å²) in [6, 6.07) is 3.39. The molecule has 0 atom stereocenters. The number of para-hydroxylation sites is 1. The summed E-state index contributed by atoms with van der Waals surface area (Å²) in [5, 5.41) is 9.41. The van der Waals surface area contributed by atoms with Gasteiger partial charge in [-0.25, -0.2) is 0 Å². The number of rotatable bonds is 3. The maximum absolute atomic E-state index is 11.9. The Labute approximate surface area is 89.5 Å². The second kappa shape index (κ2) is 4.42. The minimum absolute atomic E-state index is 0.0863. The first kappa shape index (κ1) is 12.4. The van der Waals surface area contributed by atoms with Gasteiger partial charge in [-0.1, -0.05) is 13.0 Å². The second-order valence-corrected chi connectivity index (χ2v) is 2.98. The minimum Gasteiger partial charge on any atom is -0.504 e. The molecule has 0 aliphatic heterocycles. The molecule has 0 saturated carbocycles. The predicted octanol–water partition coefficient (Wildman–Crippen LogP) is 2.88. The molecule has 0 spiro atoms. The maximum atomic E-state index is 11.9. The first-order valence-corrected chi connectivity index (χ1v) is 4.46. The van der Waals surface area contributed by atoms with Crippen LogP contribution >= 0.6 is 0 Å². The molecule has 1 rings (SSSR count). The Morgan fingerprint density at radius 3 is 2.56 bits per heavy atom. The molecular formula is C10H9F3O3. The molecule has 0 aliphatic rings. The molecule has 0 bridgehead atoms. The van der Waals surface area contributed by atoms with Gasteiger partial charge < -0.3 is 9.84 Å². The highest BCUT2D eigenvalue weighted by Gasteiger charge is 2.32. The van der Waals surface area contributed by atoms with Crippen molar-refractivity contribution in [1.82, 2.24) is 0 Å². The molecule has 1 aromatic rings. The Kier molecular flexibility index (Phi) is 3.41. The number of phenols is 1. The van der Waals surface area contributed by atoms with E-state index >= 15 is 0 Å². The molecule has 0 aliphatic carbocycles. The summed E-state index contributed by atoms with van der Waals surface area (Å²) in [4.78, 5) is 11.3. The van der Waals surface area contributed by atoms with Gasteiger partial charge >= 0.3 is 6.36 Å². The summed E-state index contributed by atoms with van der Waals surface area (Å²) in [7, 11) is 0. The SMILES string of the molecule is CCC(=O)c1cccc(OC(F)(F)F)c1O. The third-order valence-electron chi connectivity index (χ3n) is 1.85. The molecule has 0 heterocycles. The van der Waals surface area contributed by atoms with Crippen molar-refractivity contribution in [3.63, 3.8) is 0 Å². The lowest BCUT2D eigenvalue weighted by atomic mass is 10.1. The van der Waals surface area contributed by atoms with Crippen molar-refractivity contribution in [2.24, 2.45) is 0 Å². The van der Waals surface area contributed by atoms with Crippen LogP contribution in [0.1, 0.15) is 23.7 Å². The highest BCUT2D eigenvalue weighted by molar-refractivity contribution is 5.99. The average Bonchev–Trinajstić information content (AvgIpc) is 2.18. The Hall–Kier alpha value is -1.72. The summed E-state index contributed by atoms with van der Waals surface area (Å²) in [6.07, 6.45) is -4.81. The van der Waals surface area contributed by atoms with Gasteiger partial charge in [0.15, 0.2) is 17.3 Å². The maximum Gasteiger partial charge on any atom is 0.573 e. The van der Waals surface area contributed by atoms with Gasteiger partial charge in [-0.3, -0.25) is 4.79 Å². The van der Waals surface area contributed by atoms with E-state index in [1.807, 2.05) is 0 Å². The van der Waals surface area contributed by atoms with Crippen LogP contribution in [0.2, 0.25) is 0 Å². The van der Waals surface area contributed by atoms with Crippen LogP contribution in [0.4, 0.5) is 13.2 Å². The molecule has 0 aromatic heterocycles. The van der Waals surface area contributed by atoms with E-state index in [1.54, 1.807) is 6.92 Å². The van der Waals surface area contributed by atoms with Crippen molar-refractivity contribution in [2.75, 3.05) is 0 Å². The lowest BCUT2D eigenvalue weighted by molar-refractivity contribution is -0.275. The number of ketones is 1. The van der Waals surface area contributed by atoms with E-state index in [1.165, 1.54) is 12.1 Å². The zero-order chi connectivity index (χ0) is 12.3. The number of ether oxygens (including phenoxy) is 1. The highest BCUT2D eigenvalue weighted by Crippen LogP contribution is 2.34. The zero-order valence-corrected chi connectivity index (χ0v) is 8.34. The molecule has 0 amide bonds. The minimum atomic E-state index is -4.90. The van der Waals surface area contributed by atoms with Crippen LogP contribution < -0.4 is 4.74 Å². The van der Waals surface area contributed by atoms with Crippen molar-refractivity contribution in [3.05, 3.63) is 23.8 Å². The van der Waals surface area contributed by atoms with Crippen molar-refractivity contribution >= 4 is 5.78 Å². The van der Waals surface area contributed by atoms with Gasteiger partial charge in [-0.15, -0.1) is 13.2 Å². The second-order valence-electron chi connectivity index (χ2n) is 2.98. The van der Waals surface area contributed by atoms with Gasteiger partial charge in [0.2, 0.25) is 0 Å². The van der Waals surface area contributed by atoms with Crippen LogP contribution in [-0.2, 0) is 0 Å². The van der Waals surface area contributed by atoms with Crippen LogP contribution in [0.25, 0.3) is 0 Å². The topological polar surface area (TPSA) is 46.5 Å². The quantitative estimate of drug-likeness (QED) is 0.818. The fourth-order valence-corrected chi connectivity index (χ4v) is 1.14. The van der Waals surface area contributed by atoms with Crippen LogP contribution in [0, 0.1) is 0 Å². The Morgan fingerprint density at radius 2 is 2.06 bits per heavy atom. The first-order chi connectivity index (χ1) is 7.35. The predicted molar refractivity (Wildman–Crippen MR) is 49.4 cm³/mol. The lowest BCUT2D eigenvalue weighted by Crippen LogP contribution is -2.17. The number of hydrogen-bond donors (Lipinski definition) is 1. The Bertz CT molecular complexity index is 399. The van der Waals surface area contributed by atoms with Gasteiger partial charge in [-0.2, -0.15) is 0 Å². The van der Waals surface area contributed by atoms with Gasteiger partial charge in [0, 0.05) is 6.42 Å². The van der Waals surface area contributed by atoms with Crippen molar-refractivity contribution in [2.45, 2.75) is 19.7 Å². The van der Waals surface area contributed by atoms with E-state index in [-0.39, 0.29) is 12.0 Å². The average molecular weight is 234 g/mol. The van der Waals surface area contributed by atoms with E-state index in [9.17, 15) is 23.1 Å². The highest BCUT2D eigenvalue weighted by atomic mass is 19.4. The summed E-state index contributed by atoms with van der Waals surface area (Å²) < 4.78 is 39.3. The van der Waals surface area contributed by atoms with Crippen LogP contribution in [0.15, 0.2) is 18.2 Å². The summed E-state index contributed by atoms with van der Waals surface area (Å²) in [5.41, 5.74) is -0.177. The number of aromatic hydroxyl groups is 1. The van der Waals surface area contributed by atoms with E-state index in [0.29, 0.717) is 0 Å². The van der Waals surface area contributed by atoms with E-state index in [4.69, 9.17) is 0 Å². The van der Waals surface area contributed by atoms with Gasteiger partial charge in [-0.05, 0) is 12.1 Å². The number of hydrogen-bond acceptors (Lipinski definition) is 3. The Balaban J connectivity index is 3.09. The van der Waals surface area contributed by atoms with E-state index < -0.39 is 23.6 Å². The van der Waals surface area contributed by atoms with Crippen molar-refractivity contribution in [3.8, 4) is 11.5 Å². The molecule has 88 valence electrons. The molecule has 0 saturated heterocycles. The molecule has 6 heteroatoms. The zero-order valence-electron chi connectivity index (χ0n) is 8.34. The smallest absolute Gasteiger partial charge is 0.504 e. The molecule has 16 heavy (non-hydrogen) atoms. The first-order valence-electron chi connectivity index (χ1n) is 4.46. The molecule has 0 unspecified atom stereocenters. The molecule has 0 radical (unpaired) electrons. The van der Waals surface area contributed by atoms with E-state index in [2.05, 4.69) is 4.74 Å². The Morgan fingerprint density at radius 1 is 1.44 bits per heavy atom. The van der Waals surface area contributed by atoms with Crippen molar-refractivity contribution < 1.29 is 27.8 Å². The number of Topliss-reactive ketones (excluding diaryl/α,β-unsaturated/α-hetero) is 1. The number of carbonyl (C=O) groups excluding carboxylic acids is 1. The molecule has 1 N–H and O–H groups in total. The van der Waals surface area contributed by atoms with Gasteiger partial charge in [0.05, 0.1) is 5.56 Å². The summed E-state index contributed by atoms with van der Waals surface area (Å²) in [5.74, 6) is -2.01. The fourth-order valence-electron chi connectivity index (χ4n) is 1.14. The number of phenolic OH excluding ortho intramolecular Hbond substituents is 1. The largest absolute Gasteiger partial charge is 0.573 e. The number of halogens is 3. The van der Waals surface area contributed by atoms with Crippen LogP contribution in [0.3, 0.4) is 0 Å². The third kappa shape index (κ3) is 2.88. The summed E-state index contributed by atoms with van der Waals surface area (Å²) >= 11 is 0. The van der Waals surface area contributed by atoms with E-state index in [0.717, 1.165) is 6.07 Å². The van der Waals surface area contributed by atoms with Crippen molar-refractivity contribution in [1.29, 1.82) is 0 Å². The standard InChI is InChI=1S/C10H9F3O3/c1-2-7(14)6-4-3-5-8(9(6)15)16-10(11,12)13/h3-5,15H,2H2,1H3. The van der Waals surface area contributed by atoms with Crippen LogP contribution in [-0.4, -0.2) is 17.3 Å². The molecular weight excluding hydrogens is 225 g/mol. The van der Waals surface area contributed by atoms with Crippen LogP contribution in [0.5, 0.6) is 11.5 Å². The number of alkyl halides is 3. The number of carbonyl (C=O) groups is 1. The summed E-state index contributed by atoms with van der Waals surface area (Å²) in [6.45, 7) is 1.54. The molecule has 3 nitrogen and oxygen atoms in total. The van der Waals surface area contributed by atoms with Gasteiger partial charge in [0.25, 0.3) is 0 Å². The fraction of sp³-hybridized carbons (Fsp3) is 0.300. The van der Waals surface area contributed by atoms with Gasteiger partial charge in [0.1, 0.15) is 0 Å². The lowest BCUT2D eigenvalue weighted by Gasteiger charge is -2.11. The molecule has 0 fully saturated rings.